The van der Waals surface area contributed by atoms with Crippen molar-refractivity contribution in [3.63, 3.8) is 0 Å². The second kappa shape index (κ2) is 6.69. The molecular weight excluding hydrogens is 321 g/mol. The van der Waals surface area contributed by atoms with Gasteiger partial charge < -0.3 is 4.90 Å². The van der Waals surface area contributed by atoms with Crippen LogP contribution in [-0.2, 0) is 6.42 Å². The second-order valence-electron chi connectivity index (χ2n) is 6.12. The van der Waals surface area contributed by atoms with E-state index in [0.717, 1.165) is 35.2 Å². The highest BCUT2D eigenvalue weighted by atomic mass is 32.1. The van der Waals surface area contributed by atoms with Crippen molar-refractivity contribution in [1.82, 2.24) is 10.2 Å². The first-order valence-electron chi connectivity index (χ1n) is 8.14. The lowest BCUT2D eigenvalue weighted by atomic mass is 9.99. The number of aromatic nitrogens is 2. The van der Waals surface area contributed by atoms with E-state index in [0.29, 0.717) is 12.3 Å². The molecule has 0 saturated carbocycles. The Morgan fingerprint density at radius 2 is 1.83 bits per heavy atom. The van der Waals surface area contributed by atoms with Gasteiger partial charge in [0.2, 0.25) is 5.13 Å². The predicted molar refractivity (Wildman–Crippen MR) is 95.1 cm³/mol. The molecule has 0 spiro atoms. The minimum absolute atomic E-state index is 0.208. The van der Waals surface area contributed by atoms with Crippen molar-refractivity contribution in [2.24, 2.45) is 0 Å². The van der Waals surface area contributed by atoms with E-state index in [-0.39, 0.29) is 5.82 Å². The number of hydrogen-bond acceptors (Lipinski definition) is 4. The molecule has 0 N–H and O–H groups in total. The molecule has 122 valence electrons. The van der Waals surface area contributed by atoms with Crippen LogP contribution in [0, 0.1) is 5.82 Å². The predicted octanol–water partition coefficient (Wildman–Crippen LogP) is 4.26. The Morgan fingerprint density at radius 1 is 1.04 bits per heavy atom. The van der Waals surface area contributed by atoms with Crippen molar-refractivity contribution in [2.45, 2.75) is 18.8 Å². The molecule has 2 aromatic carbocycles. The van der Waals surface area contributed by atoms with E-state index in [4.69, 9.17) is 0 Å². The molecule has 1 unspecified atom stereocenters. The Labute approximate surface area is 144 Å². The molecule has 0 bridgehead atoms. The van der Waals surface area contributed by atoms with E-state index < -0.39 is 0 Å². The summed E-state index contributed by atoms with van der Waals surface area (Å²) in [6, 6.07) is 17.2. The highest BCUT2D eigenvalue weighted by Crippen LogP contribution is 2.32. The normalized spacial score (nSPS) is 17.4. The van der Waals surface area contributed by atoms with Crippen LogP contribution in [0.3, 0.4) is 0 Å². The number of nitrogens with zero attached hydrogens (tertiary/aromatic N) is 3. The maximum atomic E-state index is 13.0. The zero-order valence-electron chi connectivity index (χ0n) is 13.2. The Balaban J connectivity index is 1.43. The SMILES string of the molecule is Fc1ccc(Cc2nnc(N3CCC(c4ccccc4)C3)s2)cc1. The highest BCUT2D eigenvalue weighted by molar-refractivity contribution is 7.15. The Kier molecular flexibility index (Phi) is 4.26. The lowest BCUT2D eigenvalue weighted by Gasteiger charge is -2.14. The first-order chi connectivity index (χ1) is 11.8. The average molecular weight is 339 g/mol. The van der Waals surface area contributed by atoms with Crippen LogP contribution in [0.15, 0.2) is 54.6 Å². The minimum Gasteiger partial charge on any atom is -0.346 e. The summed E-state index contributed by atoms with van der Waals surface area (Å²) in [7, 11) is 0. The van der Waals surface area contributed by atoms with Crippen LogP contribution in [0.4, 0.5) is 9.52 Å². The van der Waals surface area contributed by atoms with Crippen LogP contribution in [-0.4, -0.2) is 23.3 Å². The first kappa shape index (κ1) is 15.3. The molecule has 24 heavy (non-hydrogen) atoms. The topological polar surface area (TPSA) is 29.0 Å². The highest BCUT2D eigenvalue weighted by Gasteiger charge is 2.26. The maximum absolute atomic E-state index is 13.0. The molecule has 3 aromatic rings. The lowest BCUT2D eigenvalue weighted by molar-refractivity contribution is 0.627. The third-order valence-electron chi connectivity index (χ3n) is 4.45. The largest absolute Gasteiger partial charge is 0.346 e. The van der Waals surface area contributed by atoms with Gasteiger partial charge in [0, 0.05) is 25.4 Å². The molecule has 3 nitrogen and oxygen atoms in total. The third-order valence-corrected chi connectivity index (χ3v) is 5.44. The Morgan fingerprint density at radius 3 is 2.62 bits per heavy atom. The molecule has 2 heterocycles. The molecule has 0 amide bonds. The molecule has 1 aliphatic heterocycles. The van der Waals surface area contributed by atoms with E-state index >= 15 is 0 Å². The maximum Gasteiger partial charge on any atom is 0.208 e. The summed E-state index contributed by atoms with van der Waals surface area (Å²) in [6.07, 6.45) is 1.85. The molecule has 0 aliphatic carbocycles. The number of halogens is 1. The lowest BCUT2D eigenvalue weighted by Crippen LogP contribution is -2.18. The van der Waals surface area contributed by atoms with Crippen LogP contribution < -0.4 is 4.90 Å². The van der Waals surface area contributed by atoms with E-state index in [1.165, 1.54) is 17.7 Å². The van der Waals surface area contributed by atoms with Gasteiger partial charge >= 0.3 is 0 Å². The minimum atomic E-state index is -0.208. The van der Waals surface area contributed by atoms with E-state index in [9.17, 15) is 4.39 Å². The molecular formula is C19H18FN3S. The first-order valence-corrected chi connectivity index (χ1v) is 8.96. The number of hydrogen-bond donors (Lipinski definition) is 0. The standard InChI is InChI=1S/C19H18FN3S/c20-17-8-6-14(7-9-17)12-18-21-22-19(24-18)23-11-10-16(13-23)15-4-2-1-3-5-15/h1-9,16H,10-13H2. The number of anilines is 1. The quantitative estimate of drug-likeness (QED) is 0.711. The van der Waals surface area contributed by atoms with Crippen LogP contribution in [0.1, 0.15) is 28.5 Å². The van der Waals surface area contributed by atoms with Crippen molar-refractivity contribution < 1.29 is 4.39 Å². The van der Waals surface area contributed by atoms with E-state index in [1.54, 1.807) is 23.5 Å². The van der Waals surface area contributed by atoms with Gasteiger partial charge in [-0.05, 0) is 29.7 Å². The summed E-state index contributed by atoms with van der Waals surface area (Å²) in [5.41, 5.74) is 2.46. The fourth-order valence-corrected chi connectivity index (χ4v) is 4.06. The molecule has 4 rings (SSSR count). The zero-order valence-corrected chi connectivity index (χ0v) is 14.0. The van der Waals surface area contributed by atoms with Gasteiger partial charge in [0.15, 0.2) is 0 Å². The summed E-state index contributed by atoms with van der Waals surface area (Å²) < 4.78 is 13.0. The fraction of sp³-hybridized carbons (Fsp3) is 0.263. The zero-order chi connectivity index (χ0) is 16.4. The van der Waals surface area contributed by atoms with Gasteiger partial charge in [0.05, 0.1) is 0 Å². The molecule has 1 aliphatic rings. The van der Waals surface area contributed by atoms with Gasteiger partial charge in [-0.3, -0.25) is 0 Å². The summed E-state index contributed by atoms with van der Waals surface area (Å²) in [5.74, 6) is 0.358. The molecule has 0 radical (unpaired) electrons. The van der Waals surface area contributed by atoms with Crippen LogP contribution in [0.2, 0.25) is 0 Å². The molecule has 1 saturated heterocycles. The van der Waals surface area contributed by atoms with Crippen molar-refractivity contribution >= 4 is 16.5 Å². The molecule has 1 aromatic heterocycles. The van der Waals surface area contributed by atoms with Crippen LogP contribution in [0.25, 0.3) is 0 Å². The summed E-state index contributed by atoms with van der Waals surface area (Å²) >= 11 is 1.64. The van der Waals surface area contributed by atoms with Gasteiger partial charge in [0.25, 0.3) is 0 Å². The van der Waals surface area contributed by atoms with E-state index in [1.807, 2.05) is 0 Å². The molecule has 5 heteroatoms. The van der Waals surface area contributed by atoms with Crippen LogP contribution >= 0.6 is 11.3 Å². The summed E-state index contributed by atoms with van der Waals surface area (Å²) in [5, 5.41) is 10.6. The number of benzene rings is 2. The Bertz CT molecular complexity index is 801. The second-order valence-corrected chi connectivity index (χ2v) is 7.16. The van der Waals surface area contributed by atoms with Crippen molar-refractivity contribution in [2.75, 3.05) is 18.0 Å². The van der Waals surface area contributed by atoms with Gasteiger partial charge in [-0.15, -0.1) is 10.2 Å². The van der Waals surface area contributed by atoms with Gasteiger partial charge in [-0.1, -0.05) is 53.8 Å². The Hall–Kier alpha value is -2.27. The third kappa shape index (κ3) is 3.31. The monoisotopic (exact) mass is 339 g/mol. The van der Waals surface area contributed by atoms with Gasteiger partial charge in [-0.2, -0.15) is 0 Å². The van der Waals surface area contributed by atoms with Crippen LogP contribution in [0.5, 0.6) is 0 Å². The fourth-order valence-electron chi connectivity index (χ4n) is 3.15. The number of rotatable bonds is 4. The average Bonchev–Trinajstić information content (AvgIpc) is 3.27. The van der Waals surface area contributed by atoms with Gasteiger partial charge in [0.1, 0.15) is 10.8 Å². The van der Waals surface area contributed by atoms with Crippen molar-refractivity contribution in [1.29, 1.82) is 0 Å². The van der Waals surface area contributed by atoms with Gasteiger partial charge in [-0.25, -0.2) is 4.39 Å². The summed E-state index contributed by atoms with van der Waals surface area (Å²) in [6.45, 7) is 2.01. The molecule has 1 fully saturated rings. The van der Waals surface area contributed by atoms with Crippen molar-refractivity contribution in [3.05, 3.63) is 76.5 Å². The van der Waals surface area contributed by atoms with Crippen molar-refractivity contribution in [3.8, 4) is 0 Å². The van der Waals surface area contributed by atoms with E-state index in [2.05, 4.69) is 45.4 Å². The summed E-state index contributed by atoms with van der Waals surface area (Å²) in [4.78, 5) is 2.32. The smallest absolute Gasteiger partial charge is 0.208 e. The molecule has 1 atom stereocenters.